The Labute approximate surface area is 131 Å². The molecule has 0 unspecified atom stereocenters. The van der Waals surface area contributed by atoms with Crippen molar-refractivity contribution in [1.29, 1.82) is 5.26 Å². The summed E-state index contributed by atoms with van der Waals surface area (Å²) in [5.74, 6) is -1.33. The van der Waals surface area contributed by atoms with Crippen molar-refractivity contribution in [3.8, 4) is 6.19 Å². The molecule has 0 spiro atoms. The second kappa shape index (κ2) is 7.06. The standard InChI is InChI=1S/C10H7IN4O4S/c1-20-10(13-4-12)14-8-6(9(16)17)2-5(15(18)19)3-7(8)11/h2-3H,1H3,(H,13,14)(H,16,17). The van der Waals surface area contributed by atoms with Crippen molar-refractivity contribution < 1.29 is 14.8 Å². The molecule has 1 rings (SSSR count). The number of nitro benzene ring substituents is 1. The third-order valence-corrected chi connectivity index (χ3v) is 3.46. The number of amidine groups is 1. The number of nitriles is 1. The van der Waals surface area contributed by atoms with Gasteiger partial charge in [0.2, 0.25) is 0 Å². The van der Waals surface area contributed by atoms with Gasteiger partial charge in [-0.1, -0.05) is 11.8 Å². The van der Waals surface area contributed by atoms with E-state index in [1.165, 1.54) is 6.07 Å². The van der Waals surface area contributed by atoms with E-state index in [9.17, 15) is 14.9 Å². The minimum atomic E-state index is -1.33. The first-order chi connectivity index (χ1) is 9.40. The molecular weight excluding hydrogens is 399 g/mol. The molecule has 0 saturated heterocycles. The van der Waals surface area contributed by atoms with E-state index < -0.39 is 10.9 Å². The summed E-state index contributed by atoms with van der Waals surface area (Å²) < 4.78 is 0.306. The number of aromatic carboxylic acids is 1. The Morgan fingerprint density at radius 1 is 1.65 bits per heavy atom. The number of nitro groups is 1. The molecule has 8 nitrogen and oxygen atoms in total. The molecule has 10 heteroatoms. The van der Waals surface area contributed by atoms with E-state index >= 15 is 0 Å². The van der Waals surface area contributed by atoms with Crippen LogP contribution in [0.5, 0.6) is 0 Å². The van der Waals surface area contributed by atoms with Crippen molar-refractivity contribution in [2.45, 2.75) is 0 Å². The lowest BCUT2D eigenvalue weighted by Crippen LogP contribution is -2.13. The van der Waals surface area contributed by atoms with Crippen LogP contribution in [-0.2, 0) is 0 Å². The van der Waals surface area contributed by atoms with Gasteiger partial charge in [-0.3, -0.25) is 15.4 Å². The van der Waals surface area contributed by atoms with Gasteiger partial charge in [-0.05, 0) is 28.8 Å². The van der Waals surface area contributed by atoms with Crippen LogP contribution in [0.15, 0.2) is 17.1 Å². The van der Waals surface area contributed by atoms with Crippen LogP contribution in [0.3, 0.4) is 0 Å². The number of rotatable bonds is 3. The fraction of sp³-hybridized carbons (Fsp3) is 0.100. The number of non-ortho nitro benzene ring substituents is 1. The van der Waals surface area contributed by atoms with Crippen LogP contribution in [0.4, 0.5) is 11.4 Å². The number of nitrogens with one attached hydrogen (secondary N) is 1. The van der Waals surface area contributed by atoms with Gasteiger partial charge in [-0.2, -0.15) is 5.26 Å². The van der Waals surface area contributed by atoms with Crippen molar-refractivity contribution in [3.05, 3.63) is 31.4 Å². The summed E-state index contributed by atoms with van der Waals surface area (Å²) in [6.07, 6.45) is 3.33. The number of carbonyl (C=O) groups is 1. The highest BCUT2D eigenvalue weighted by molar-refractivity contribution is 14.1. The number of carboxylic acids is 1. The molecule has 0 amide bonds. The van der Waals surface area contributed by atoms with Crippen LogP contribution >= 0.6 is 34.4 Å². The number of hydrogen-bond donors (Lipinski definition) is 2. The Bertz CT molecular complexity index is 641. The molecule has 104 valence electrons. The zero-order chi connectivity index (χ0) is 15.3. The van der Waals surface area contributed by atoms with Crippen molar-refractivity contribution in [2.75, 3.05) is 6.26 Å². The van der Waals surface area contributed by atoms with E-state index in [2.05, 4.69) is 10.3 Å². The summed E-state index contributed by atoms with van der Waals surface area (Å²) in [6.45, 7) is 0. The fourth-order valence-electron chi connectivity index (χ4n) is 1.24. The Balaban J connectivity index is 3.50. The zero-order valence-corrected chi connectivity index (χ0v) is 12.9. The fourth-order valence-corrected chi connectivity index (χ4v) is 2.30. The average molecular weight is 406 g/mol. The monoisotopic (exact) mass is 406 g/mol. The number of hydrogen-bond acceptors (Lipinski definition) is 6. The van der Waals surface area contributed by atoms with Crippen LogP contribution in [0.25, 0.3) is 0 Å². The Hall–Kier alpha value is -1.87. The maximum absolute atomic E-state index is 11.2. The normalized spacial score (nSPS) is 10.8. The molecular formula is C10H7IN4O4S. The Kier molecular flexibility index (Phi) is 5.71. The van der Waals surface area contributed by atoms with E-state index in [4.69, 9.17) is 10.4 Å². The van der Waals surface area contributed by atoms with Gasteiger partial charge in [0.1, 0.15) is 0 Å². The zero-order valence-electron chi connectivity index (χ0n) is 9.95. The Morgan fingerprint density at radius 3 is 2.75 bits per heavy atom. The highest BCUT2D eigenvalue weighted by atomic mass is 127. The van der Waals surface area contributed by atoms with Crippen LogP contribution in [-0.4, -0.2) is 27.4 Å². The first kappa shape index (κ1) is 16.2. The maximum Gasteiger partial charge on any atom is 0.338 e. The second-order valence-corrected chi connectivity index (χ2v) is 5.20. The minimum Gasteiger partial charge on any atom is -0.478 e. The summed E-state index contributed by atoms with van der Waals surface area (Å²) in [6, 6.07) is 2.16. The summed E-state index contributed by atoms with van der Waals surface area (Å²) >= 11 is 2.88. The van der Waals surface area contributed by atoms with Crippen molar-refractivity contribution in [2.24, 2.45) is 4.99 Å². The van der Waals surface area contributed by atoms with Crippen LogP contribution in [0.2, 0.25) is 0 Å². The molecule has 2 N–H and O–H groups in total. The van der Waals surface area contributed by atoms with E-state index in [0.29, 0.717) is 3.57 Å². The van der Waals surface area contributed by atoms with E-state index in [0.717, 1.165) is 17.8 Å². The molecule has 0 aliphatic rings. The van der Waals surface area contributed by atoms with Gasteiger partial charge in [0.05, 0.1) is 16.2 Å². The predicted molar refractivity (Wildman–Crippen MR) is 82.1 cm³/mol. The van der Waals surface area contributed by atoms with Crippen molar-refractivity contribution in [1.82, 2.24) is 5.32 Å². The molecule has 0 aliphatic carbocycles. The highest BCUT2D eigenvalue weighted by Gasteiger charge is 2.20. The number of benzene rings is 1. The Morgan fingerprint density at radius 2 is 2.30 bits per heavy atom. The molecule has 1 aromatic carbocycles. The van der Waals surface area contributed by atoms with Gasteiger partial charge >= 0.3 is 5.97 Å². The summed E-state index contributed by atoms with van der Waals surface area (Å²) in [5, 5.41) is 30.9. The maximum atomic E-state index is 11.2. The van der Waals surface area contributed by atoms with Crippen molar-refractivity contribution >= 4 is 56.9 Å². The molecule has 0 aromatic heterocycles. The van der Waals surface area contributed by atoms with Gasteiger partial charge in [0.15, 0.2) is 11.4 Å². The van der Waals surface area contributed by atoms with Crippen LogP contribution in [0.1, 0.15) is 10.4 Å². The van der Waals surface area contributed by atoms with Crippen LogP contribution in [0, 0.1) is 25.1 Å². The summed E-state index contributed by atoms with van der Waals surface area (Å²) in [4.78, 5) is 25.3. The largest absolute Gasteiger partial charge is 0.478 e. The number of nitrogens with zero attached hydrogens (tertiary/aromatic N) is 3. The lowest BCUT2D eigenvalue weighted by molar-refractivity contribution is -0.385. The molecule has 0 fully saturated rings. The van der Waals surface area contributed by atoms with Crippen LogP contribution < -0.4 is 5.32 Å². The molecule has 0 heterocycles. The summed E-state index contributed by atoms with van der Waals surface area (Å²) in [7, 11) is 0. The smallest absolute Gasteiger partial charge is 0.338 e. The third-order valence-electron chi connectivity index (χ3n) is 2.06. The number of halogens is 1. The number of thioether (sulfide) groups is 1. The third kappa shape index (κ3) is 3.81. The first-order valence-corrected chi connectivity index (χ1v) is 7.20. The molecule has 0 radical (unpaired) electrons. The molecule has 0 aliphatic heterocycles. The quantitative estimate of drug-likeness (QED) is 0.150. The first-order valence-electron chi connectivity index (χ1n) is 4.89. The lowest BCUT2D eigenvalue weighted by Gasteiger charge is -2.06. The van der Waals surface area contributed by atoms with E-state index in [1.807, 2.05) is 0 Å². The van der Waals surface area contributed by atoms with Gasteiger partial charge in [0.25, 0.3) is 5.69 Å². The molecule has 1 aromatic rings. The molecule has 0 saturated carbocycles. The van der Waals surface area contributed by atoms with Gasteiger partial charge in [0, 0.05) is 15.7 Å². The lowest BCUT2D eigenvalue weighted by atomic mass is 10.1. The minimum absolute atomic E-state index is 0.0656. The number of aliphatic imine (C=N–C) groups is 1. The topological polar surface area (TPSA) is 129 Å². The average Bonchev–Trinajstić information content (AvgIpc) is 2.39. The predicted octanol–water partition coefficient (Wildman–Crippen LogP) is 2.32. The van der Waals surface area contributed by atoms with Crippen molar-refractivity contribution in [3.63, 3.8) is 0 Å². The van der Waals surface area contributed by atoms with Gasteiger partial charge in [-0.25, -0.2) is 9.79 Å². The highest BCUT2D eigenvalue weighted by Crippen LogP contribution is 2.31. The molecule has 0 atom stereocenters. The van der Waals surface area contributed by atoms with E-state index in [-0.39, 0.29) is 22.1 Å². The second-order valence-electron chi connectivity index (χ2n) is 3.24. The van der Waals surface area contributed by atoms with Gasteiger partial charge < -0.3 is 5.11 Å². The number of carboxylic acid groups (broad SMARTS) is 1. The molecule has 20 heavy (non-hydrogen) atoms. The molecule has 0 bridgehead atoms. The SMILES string of the molecule is CSC(=Nc1c(I)cc([N+](=O)[O-])cc1C(=O)O)NC#N. The van der Waals surface area contributed by atoms with Gasteiger partial charge in [-0.15, -0.1) is 0 Å². The summed E-state index contributed by atoms with van der Waals surface area (Å²) in [5.41, 5.74) is -0.560. The van der Waals surface area contributed by atoms with E-state index in [1.54, 1.807) is 35.0 Å².